The van der Waals surface area contributed by atoms with Crippen molar-refractivity contribution in [3.8, 4) is 0 Å². The first kappa shape index (κ1) is 12.6. The number of nitrogens with two attached hydrogens (primary N) is 1. The zero-order valence-corrected chi connectivity index (χ0v) is 10.4. The lowest BCUT2D eigenvalue weighted by molar-refractivity contribution is 0.611. The second-order valence-corrected chi connectivity index (χ2v) is 4.08. The van der Waals surface area contributed by atoms with Gasteiger partial charge in [0.15, 0.2) is 0 Å². The van der Waals surface area contributed by atoms with E-state index >= 15 is 0 Å². The van der Waals surface area contributed by atoms with Gasteiger partial charge in [0.2, 0.25) is 0 Å². The molecule has 0 bridgehead atoms. The molecule has 3 nitrogen and oxygen atoms in total. The summed E-state index contributed by atoms with van der Waals surface area (Å²) >= 11 is 0. The summed E-state index contributed by atoms with van der Waals surface area (Å²) in [6.45, 7) is 2.46. The van der Waals surface area contributed by atoms with Crippen LogP contribution in [0.1, 0.15) is 29.6 Å². The lowest BCUT2D eigenvalue weighted by atomic mass is 10.1. The normalized spacial score (nSPS) is 10.6. The highest BCUT2D eigenvalue weighted by Crippen LogP contribution is 2.12. The fraction of sp³-hybridized carbons (Fsp3) is 0.286. The van der Waals surface area contributed by atoms with Gasteiger partial charge in [-0.1, -0.05) is 25.1 Å². The van der Waals surface area contributed by atoms with Gasteiger partial charge in [-0.05, 0) is 18.1 Å². The SMILES string of the molecule is CCc1nc(Cc2ccccc2F)ncc1CN. The Kier molecular flexibility index (Phi) is 3.99. The van der Waals surface area contributed by atoms with Crippen LogP contribution in [0, 0.1) is 5.82 Å². The number of benzene rings is 1. The first-order chi connectivity index (χ1) is 8.74. The standard InChI is InChI=1S/C14H16FN3/c1-2-13-11(8-16)9-17-14(18-13)7-10-5-3-4-6-12(10)15/h3-6,9H,2,7-8,16H2,1H3. The van der Waals surface area contributed by atoms with E-state index in [1.165, 1.54) is 6.07 Å². The summed E-state index contributed by atoms with van der Waals surface area (Å²) < 4.78 is 13.5. The molecule has 0 aliphatic heterocycles. The Labute approximate surface area is 106 Å². The van der Waals surface area contributed by atoms with Crippen molar-refractivity contribution in [2.45, 2.75) is 26.3 Å². The Morgan fingerprint density at radius 2 is 2.00 bits per heavy atom. The lowest BCUT2D eigenvalue weighted by Gasteiger charge is -2.07. The van der Waals surface area contributed by atoms with E-state index in [-0.39, 0.29) is 5.82 Å². The maximum atomic E-state index is 13.5. The van der Waals surface area contributed by atoms with Crippen LogP contribution in [0.3, 0.4) is 0 Å². The molecule has 0 amide bonds. The average molecular weight is 245 g/mol. The summed E-state index contributed by atoms with van der Waals surface area (Å²) in [5.74, 6) is 0.413. The van der Waals surface area contributed by atoms with Gasteiger partial charge in [0, 0.05) is 30.4 Å². The summed E-state index contributed by atoms with van der Waals surface area (Å²) in [5.41, 5.74) is 8.12. The highest BCUT2D eigenvalue weighted by molar-refractivity contribution is 5.23. The molecule has 4 heteroatoms. The summed E-state index contributed by atoms with van der Waals surface area (Å²) in [6.07, 6.45) is 2.95. The maximum Gasteiger partial charge on any atom is 0.133 e. The molecule has 2 rings (SSSR count). The number of aromatic nitrogens is 2. The van der Waals surface area contributed by atoms with Crippen molar-refractivity contribution in [2.75, 3.05) is 0 Å². The van der Waals surface area contributed by atoms with Crippen molar-refractivity contribution >= 4 is 0 Å². The van der Waals surface area contributed by atoms with Crippen LogP contribution < -0.4 is 5.73 Å². The minimum atomic E-state index is -0.220. The molecule has 0 atom stereocenters. The first-order valence-corrected chi connectivity index (χ1v) is 6.01. The number of aryl methyl sites for hydroxylation is 1. The van der Waals surface area contributed by atoms with Crippen molar-refractivity contribution in [2.24, 2.45) is 5.73 Å². The summed E-state index contributed by atoms with van der Waals surface area (Å²) in [7, 11) is 0. The molecule has 0 fully saturated rings. The van der Waals surface area contributed by atoms with Crippen LogP contribution in [0.2, 0.25) is 0 Å². The smallest absolute Gasteiger partial charge is 0.133 e. The van der Waals surface area contributed by atoms with E-state index in [9.17, 15) is 4.39 Å². The van der Waals surface area contributed by atoms with Crippen molar-refractivity contribution < 1.29 is 4.39 Å². The van der Waals surface area contributed by atoms with E-state index in [1.54, 1.807) is 18.3 Å². The molecule has 18 heavy (non-hydrogen) atoms. The number of hydrogen-bond acceptors (Lipinski definition) is 3. The van der Waals surface area contributed by atoms with Crippen LogP contribution in [0.15, 0.2) is 30.5 Å². The predicted molar refractivity (Wildman–Crippen MR) is 68.5 cm³/mol. The van der Waals surface area contributed by atoms with Gasteiger partial charge in [-0.2, -0.15) is 0 Å². The first-order valence-electron chi connectivity index (χ1n) is 6.01. The second kappa shape index (κ2) is 5.69. The predicted octanol–water partition coefficient (Wildman–Crippen LogP) is 2.23. The molecule has 1 heterocycles. The zero-order valence-electron chi connectivity index (χ0n) is 10.4. The number of halogens is 1. The van der Waals surface area contributed by atoms with E-state index < -0.39 is 0 Å². The van der Waals surface area contributed by atoms with Gasteiger partial charge in [0.1, 0.15) is 11.6 Å². The molecule has 0 saturated carbocycles. The third-order valence-electron chi connectivity index (χ3n) is 2.87. The summed E-state index contributed by atoms with van der Waals surface area (Å²) in [6, 6.07) is 6.69. The molecule has 0 spiro atoms. The second-order valence-electron chi connectivity index (χ2n) is 4.08. The third-order valence-corrected chi connectivity index (χ3v) is 2.87. The topological polar surface area (TPSA) is 51.8 Å². The average Bonchev–Trinajstić information content (AvgIpc) is 2.41. The van der Waals surface area contributed by atoms with E-state index in [4.69, 9.17) is 5.73 Å². The van der Waals surface area contributed by atoms with Gasteiger partial charge < -0.3 is 5.73 Å². The van der Waals surface area contributed by atoms with E-state index in [2.05, 4.69) is 9.97 Å². The third kappa shape index (κ3) is 2.71. The maximum absolute atomic E-state index is 13.5. The molecule has 1 aromatic carbocycles. The van der Waals surface area contributed by atoms with Crippen LogP contribution in [-0.4, -0.2) is 9.97 Å². The Morgan fingerprint density at radius 1 is 1.22 bits per heavy atom. The van der Waals surface area contributed by atoms with Crippen molar-refractivity contribution in [3.63, 3.8) is 0 Å². The molecule has 0 aliphatic carbocycles. The van der Waals surface area contributed by atoms with Gasteiger partial charge in [-0.3, -0.25) is 0 Å². The molecular weight excluding hydrogens is 229 g/mol. The highest BCUT2D eigenvalue weighted by atomic mass is 19.1. The van der Waals surface area contributed by atoms with Crippen LogP contribution in [0.5, 0.6) is 0 Å². The Bertz CT molecular complexity index is 540. The van der Waals surface area contributed by atoms with Crippen LogP contribution >= 0.6 is 0 Å². The van der Waals surface area contributed by atoms with Crippen LogP contribution in [0.25, 0.3) is 0 Å². The van der Waals surface area contributed by atoms with Gasteiger partial charge in [-0.25, -0.2) is 14.4 Å². The monoisotopic (exact) mass is 245 g/mol. The molecule has 0 saturated heterocycles. The Hall–Kier alpha value is -1.81. The Balaban J connectivity index is 2.27. The van der Waals surface area contributed by atoms with Gasteiger partial charge in [-0.15, -0.1) is 0 Å². The van der Waals surface area contributed by atoms with E-state index in [1.807, 2.05) is 13.0 Å². The molecule has 1 aromatic heterocycles. The Morgan fingerprint density at radius 3 is 2.67 bits per heavy atom. The van der Waals surface area contributed by atoms with Gasteiger partial charge in [0.05, 0.1) is 0 Å². The molecule has 2 aromatic rings. The van der Waals surface area contributed by atoms with Crippen molar-refractivity contribution in [1.29, 1.82) is 0 Å². The van der Waals surface area contributed by atoms with Crippen LogP contribution in [0.4, 0.5) is 4.39 Å². The van der Waals surface area contributed by atoms with Crippen molar-refractivity contribution in [1.82, 2.24) is 9.97 Å². The van der Waals surface area contributed by atoms with Crippen LogP contribution in [-0.2, 0) is 19.4 Å². The molecule has 2 N–H and O–H groups in total. The molecule has 0 unspecified atom stereocenters. The summed E-state index contributed by atoms with van der Waals surface area (Å²) in [5, 5.41) is 0. The quantitative estimate of drug-likeness (QED) is 0.898. The fourth-order valence-corrected chi connectivity index (χ4v) is 1.86. The number of hydrogen-bond donors (Lipinski definition) is 1. The van der Waals surface area contributed by atoms with Gasteiger partial charge >= 0.3 is 0 Å². The minimum absolute atomic E-state index is 0.220. The zero-order chi connectivity index (χ0) is 13.0. The molecular formula is C14H16FN3. The molecule has 94 valence electrons. The van der Waals surface area contributed by atoms with Gasteiger partial charge in [0.25, 0.3) is 0 Å². The highest BCUT2D eigenvalue weighted by Gasteiger charge is 2.07. The largest absolute Gasteiger partial charge is 0.326 e. The molecule has 0 radical (unpaired) electrons. The minimum Gasteiger partial charge on any atom is -0.326 e. The molecule has 0 aliphatic rings. The van der Waals surface area contributed by atoms with E-state index in [0.717, 1.165) is 17.7 Å². The number of rotatable bonds is 4. The summed E-state index contributed by atoms with van der Waals surface area (Å²) in [4.78, 5) is 8.68. The fourth-order valence-electron chi connectivity index (χ4n) is 1.86. The van der Waals surface area contributed by atoms with Crippen molar-refractivity contribution in [3.05, 3.63) is 58.9 Å². The van der Waals surface area contributed by atoms with E-state index in [0.29, 0.717) is 24.4 Å². The lowest BCUT2D eigenvalue weighted by Crippen LogP contribution is -2.08. The number of nitrogens with zero attached hydrogens (tertiary/aromatic N) is 2.